The molecule has 0 spiro atoms. The first kappa shape index (κ1) is 24.0. The Bertz CT molecular complexity index is 1360. The number of likely N-dealkylation sites (tertiary alicyclic amines) is 1. The van der Waals surface area contributed by atoms with Gasteiger partial charge in [-0.1, -0.05) is 36.4 Å². The minimum Gasteiger partial charge on any atom is -0.341 e. The second-order valence-corrected chi connectivity index (χ2v) is 9.55. The van der Waals surface area contributed by atoms with Crippen molar-refractivity contribution in [3.05, 3.63) is 77.5 Å². The molecule has 1 aromatic heterocycles. The third-order valence-electron chi connectivity index (χ3n) is 7.03. The van der Waals surface area contributed by atoms with Gasteiger partial charge in [-0.05, 0) is 42.2 Å². The molecule has 3 aromatic rings. The van der Waals surface area contributed by atoms with Crippen LogP contribution >= 0.6 is 0 Å². The van der Waals surface area contributed by atoms with Gasteiger partial charge >= 0.3 is 6.18 Å². The van der Waals surface area contributed by atoms with Crippen molar-refractivity contribution in [3.63, 3.8) is 0 Å². The number of aromatic nitrogens is 1. The first-order valence-corrected chi connectivity index (χ1v) is 11.7. The minimum absolute atomic E-state index is 0.0370. The van der Waals surface area contributed by atoms with E-state index in [1.807, 2.05) is 24.3 Å². The summed E-state index contributed by atoms with van der Waals surface area (Å²) >= 11 is 0. The number of carbonyl (C=O) groups is 3. The number of nitrogens with zero attached hydrogens (tertiary/aromatic N) is 3. The minimum atomic E-state index is -4.62. The van der Waals surface area contributed by atoms with Crippen molar-refractivity contribution >= 4 is 28.6 Å². The van der Waals surface area contributed by atoms with Gasteiger partial charge in [0.25, 0.3) is 0 Å². The average Bonchev–Trinajstić information content (AvgIpc) is 3.64. The maximum atomic E-state index is 13.6. The normalized spacial score (nSPS) is 20.3. The van der Waals surface area contributed by atoms with E-state index in [-0.39, 0.29) is 24.6 Å². The van der Waals surface area contributed by atoms with E-state index in [2.05, 4.69) is 4.98 Å². The Balaban J connectivity index is 1.48. The highest BCUT2D eigenvalue weighted by molar-refractivity contribution is 6.11. The van der Waals surface area contributed by atoms with Crippen molar-refractivity contribution in [3.8, 4) is 0 Å². The van der Waals surface area contributed by atoms with Gasteiger partial charge in [0, 0.05) is 44.1 Å². The van der Waals surface area contributed by atoms with E-state index in [1.165, 1.54) is 17.0 Å². The molecule has 0 N–H and O–H groups in total. The van der Waals surface area contributed by atoms with Crippen LogP contribution in [0.1, 0.15) is 42.4 Å². The topological polar surface area (TPSA) is 70.6 Å². The predicted molar refractivity (Wildman–Crippen MR) is 125 cm³/mol. The smallest absolute Gasteiger partial charge is 0.341 e. The van der Waals surface area contributed by atoms with Gasteiger partial charge < -0.3 is 4.90 Å². The molecule has 0 radical (unpaired) electrons. The molecule has 2 aliphatic rings. The monoisotopic (exact) mass is 495 g/mol. The van der Waals surface area contributed by atoms with Gasteiger partial charge in [0.15, 0.2) is 0 Å². The molecule has 0 unspecified atom stereocenters. The highest BCUT2D eigenvalue weighted by Gasteiger charge is 2.57. The maximum absolute atomic E-state index is 13.6. The summed E-state index contributed by atoms with van der Waals surface area (Å²) in [7, 11) is 1.58. The number of imide groups is 1. The fourth-order valence-electron chi connectivity index (χ4n) is 4.97. The number of halogens is 3. The molecule has 6 nitrogen and oxygen atoms in total. The first-order chi connectivity index (χ1) is 17.1. The Morgan fingerprint density at radius 3 is 2.58 bits per heavy atom. The van der Waals surface area contributed by atoms with Crippen molar-refractivity contribution in [1.82, 2.24) is 14.8 Å². The molecule has 1 saturated carbocycles. The lowest BCUT2D eigenvalue weighted by atomic mass is 9.75. The molecule has 1 aliphatic heterocycles. The van der Waals surface area contributed by atoms with E-state index in [1.54, 1.807) is 19.3 Å². The highest BCUT2D eigenvalue weighted by Crippen LogP contribution is 2.45. The Kier molecular flexibility index (Phi) is 5.81. The number of alkyl halides is 3. The molecule has 186 valence electrons. The molecule has 2 fully saturated rings. The van der Waals surface area contributed by atoms with Gasteiger partial charge in [-0.15, -0.1) is 0 Å². The van der Waals surface area contributed by atoms with Crippen LogP contribution in [0, 0.1) is 0 Å². The lowest BCUT2D eigenvalue weighted by Crippen LogP contribution is -2.43. The van der Waals surface area contributed by atoms with Gasteiger partial charge in [-0.25, -0.2) is 0 Å². The van der Waals surface area contributed by atoms with Crippen molar-refractivity contribution in [2.45, 2.75) is 49.9 Å². The van der Waals surface area contributed by atoms with Crippen LogP contribution in [0.5, 0.6) is 0 Å². The van der Waals surface area contributed by atoms with Gasteiger partial charge in [0.1, 0.15) is 0 Å². The lowest BCUT2D eigenvalue weighted by molar-refractivity contribution is -0.143. The largest absolute Gasteiger partial charge is 0.416 e. The van der Waals surface area contributed by atoms with Gasteiger partial charge in [0.05, 0.1) is 16.5 Å². The van der Waals surface area contributed by atoms with Crippen molar-refractivity contribution in [2.75, 3.05) is 7.05 Å². The lowest BCUT2D eigenvalue weighted by Gasteiger charge is -2.30. The van der Waals surface area contributed by atoms with Gasteiger partial charge in [-0.2, -0.15) is 13.2 Å². The van der Waals surface area contributed by atoms with Crippen LogP contribution in [-0.4, -0.2) is 45.6 Å². The summed E-state index contributed by atoms with van der Waals surface area (Å²) in [6, 6.07) is 13.4. The first-order valence-electron chi connectivity index (χ1n) is 11.7. The van der Waals surface area contributed by atoms with E-state index in [9.17, 15) is 27.6 Å². The quantitative estimate of drug-likeness (QED) is 0.474. The molecule has 1 aliphatic carbocycles. The van der Waals surface area contributed by atoms with Crippen LogP contribution in [0.4, 0.5) is 13.2 Å². The summed E-state index contributed by atoms with van der Waals surface area (Å²) in [6.07, 6.45) is -2.35. The molecule has 1 atom stereocenters. The standard InChI is InChI=1S/C27H24F3N3O3/c1-32(16-17-5-2-9-22-21(17)8-4-12-31-22)23(34)14-26(15-24(35)33(25(26)36)20-10-11-20)18-6-3-7-19(13-18)27(28,29)30/h2-9,12-13,20H,10-11,14-16H2,1H3/t26-/m0/s1. The molecule has 2 heterocycles. The Morgan fingerprint density at radius 1 is 1.11 bits per heavy atom. The number of fused-ring (bicyclic) bond motifs is 1. The summed E-state index contributed by atoms with van der Waals surface area (Å²) in [6.45, 7) is 0.217. The van der Waals surface area contributed by atoms with E-state index in [0.29, 0.717) is 12.8 Å². The number of amides is 3. The number of carbonyl (C=O) groups excluding carboxylic acids is 3. The van der Waals surface area contributed by atoms with E-state index < -0.39 is 41.3 Å². The molecule has 0 bridgehead atoms. The molecular formula is C27H24F3N3O3. The number of hydrogen-bond acceptors (Lipinski definition) is 4. The number of hydrogen-bond donors (Lipinski definition) is 0. The number of pyridine rings is 1. The molecule has 5 rings (SSSR count). The summed E-state index contributed by atoms with van der Waals surface area (Å²) in [4.78, 5) is 46.9. The Morgan fingerprint density at radius 2 is 1.86 bits per heavy atom. The predicted octanol–water partition coefficient (Wildman–Crippen LogP) is 4.46. The third kappa shape index (κ3) is 4.23. The molecule has 1 saturated heterocycles. The van der Waals surface area contributed by atoms with Crippen molar-refractivity contribution in [1.29, 1.82) is 0 Å². The van der Waals surface area contributed by atoms with E-state index in [4.69, 9.17) is 0 Å². The fraction of sp³-hybridized carbons (Fsp3) is 0.333. The summed E-state index contributed by atoms with van der Waals surface area (Å²) < 4.78 is 40.5. The van der Waals surface area contributed by atoms with Crippen LogP contribution in [0.3, 0.4) is 0 Å². The summed E-state index contributed by atoms with van der Waals surface area (Å²) in [5, 5.41) is 0.874. The van der Waals surface area contributed by atoms with Gasteiger partial charge in [0.2, 0.25) is 17.7 Å². The van der Waals surface area contributed by atoms with Crippen LogP contribution in [0.15, 0.2) is 60.8 Å². The molecule has 9 heteroatoms. The highest BCUT2D eigenvalue weighted by atomic mass is 19.4. The Labute approximate surface area is 205 Å². The maximum Gasteiger partial charge on any atom is 0.416 e. The van der Waals surface area contributed by atoms with Crippen molar-refractivity contribution < 1.29 is 27.6 Å². The summed E-state index contributed by atoms with van der Waals surface area (Å²) in [5.41, 5.74) is -0.943. The van der Waals surface area contributed by atoms with Crippen LogP contribution in [0.25, 0.3) is 10.9 Å². The molecule has 36 heavy (non-hydrogen) atoms. The van der Waals surface area contributed by atoms with Gasteiger partial charge in [-0.3, -0.25) is 24.3 Å². The number of benzene rings is 2. The third-order valence-corrected chi connectivity index (χ3v) is 7.03. The SMILES string of the molecule is CN(Cc1cccc2ncccc12)C(=O)C[C@@]1(c2cccc(C(F)(F)F)c2)CC(=O)N(C2CC2)C1=O. The van der Waals surface area contributed by atoms with Crippen molar-refractivity contribution in [2.24, 2.45) is 0 Å². The van der Waals surface area contributed by atoms with Crippen LogP contribution in [0.2, 0.25) is 0 Å². The molecular weight excluding hydrogens is 471 g/mol. The molecule has 3 amide bonds. The average molecular weight is 496 g/mol. The molecule has 2 aromatic carbocycles. The Hall–Kier alpha value is -3.75. The van der Waals surface area contributed by atoms with Crippen LogP contribution in [-0.2, 0) is 32.5 Å². The second kappa shape index (κ2) is 8.72. The van der Waals surface area contributed by atoms with E-state index >= 15 is 0 Å². The van der Waals surface area contributed by atoms with Crippen LogP contribution < -0.4 is 0 Å². The van der Waals surface area contributed by atoms with E-state index in [0.717, 1.165) is 33.5 Å². The second-order valence-electron chi connectivity index (χ2n) is 9.55. The number of rotatable bonds is 6. The fourth-order valence-corrected chi connectivity index (χ4v) is 4.97. The zero-order valence-corrected chi connectivity index (χ0v) is 19.6. The zero-order chi connectivity index (χ0) is 25.7. The zero-order valence-electron chi connectivity index (χ0n) is 19.6. The summed E-state index contributed by atoms with van der Waals surface area (Å²) in [5.74, 6) is -1.48.